The lowest BCUT2D eigenvalue weighted by molar-refractivity contribution is -0.131. The van der Waals surface area contributed by atoms with Crippen molar-refractivity contribution < 1.29 is 13.2 Å². The maximum absolute atomic E-state index is 12.3. The fraction of sp³-hybridized carbons (Fsp3) is 0.615. The number of sulfonamides is 1. The molecular weight excluding hydrogens is 346 g/mol. The number of nitrogens with zero attached hydrogens (tertiary/aromatic N) is 1. The molecule has 126 valence electrons. The number of carbonyl (C=O) groups excluding carboxylic acids is 1. The van der Waals surface area contributed by atoms with E-state index < -0.39 is 10.0 Å². The Morgan fingerprint density at radius 3 is 2.86 bits per heavy atom. The van der Waals surface area contributed by atoms with Crippen LogP contribution >= 0.6 is 23.7 Å². The van der Waals surface area contributed by atoms with Crippen LogP contribution < -0.4 is 10.0 Å². The second-order valence-electron chi connectivity index (χ2n) is 4.99. The highest BCUT2D eigenvalue weighted by molar-refractivity contribution is 7.91. The van der Waals surface area contributed by atoms with E-state index in [1.807, 2.05) is 6.92 Å². The molecule has 0 spiro atoms. The number of hydrogen-bond donors (Lipinski definition) is 2. The van der Waals surface area contributed by atoms with E-state index in [0.717, 1.165) is 37.3 Å². The standard InChI is InChI=1S/C13H21N3O3S2.ClH/c1-2-7-16(11-5-6-14-9-11)12(17)10-15-21(18,19)13-4-3-8-20-13;/h3-4,8,11,14-15H,2,5-7,9-10H2,1H3;1H. The molecule has 0 saturated carbocycles. The molecule has 2 heterocycles. The van der Waals surface area contributed by atoms with Gasteiger partial charge in [-0.3, -0.25) is 4.79 Å². The van der Waals surface area contributed by atoms with Crippen LogP contribution in [0.15, 0.2) is 21.7 Å². The fourth-order valence-corrected chi connectivity index (χ4v) is 4.42. The van der Waals surface area contributed by atoms with Gasteiger partial charge >= 0.3 is 0 Å². The minimum Gasteiger partial charge on any atom is -0.337 e. The monoisotopic (exact) mass is 367 g/mol. The van der Waals surface area contributed by atoms with Crippen molar-refractivity contribution in [1.29, 1.82) is 0 Å². The van der Waals surface area contributed by atoms with Gasteiger partial charge in [0, 0.05) is 19.1 Å². The van der Waals surface area contributed by atoms with Crippen molar-refractivity contribution in [2.75, 3.05) is 26.2 Å². The molecule has 1 aromatic rings. The fourth-order valence-electron chi connectivity index (χ4n) is 2.40. The highest BCUT2D eigenvalue weighted by Crippen LogP contribution is 2.15. The van der Waals surface area contributed by atoms with Crippen molar-refractivity contribution in [1.82, 2.24) is 14.9 Å². The average Bonchev–Trinajstić information content (AvgIpc) is 3.14. The van der Waals surface area contributed by atoms with Crippen LogP contribution in [-0.4, -0.2) is 51.4 Å². The summed E-state index contributed by atoms with van der Waals surface area (Å²) in [7, 11) is -3.58. The molecule has 0 aromatic carbocycles. The highest BCUT2D eigenvalue weighted by atomic mass is 35.5. The molecule has 1 fully saturated rings. The Balaban J connectivity index is 0.00000242. The first kappa shape index (κ1) is 19.4. The van der Waals surface area contributed by atoms with Gasteiger partial charge in [-0.25, -0.2) is 13.1 Å². The van der Waals surface area contributed by atoms with Gasteiger partial charge in [0.2, 0.25) is 5.91 Å². The number of carbonyl (C=O) groups is 1. The summed E-state index contributed by atoms with van der Waals surface area (Å²) in [6.07, 6.45) is 1.78. The normalized spacial score (nSPS) is 18.0. The van der Waals surface area contributed by atoms with Gasteiger partial charge < -0.3 is 10.2 Å². The van der Waals surface area contributed by atoms with E-state index in [-0.39, 0.29) is 35.1 Å². The molecular formula is C13H22ClN3O3S2. The Kier molecular flexibility index (Phi) is 7.78. The topological polar surface area (TPSA) is 78.5 Å². The molecule has 6 nitrogen and oxygen atoms in total. The third kappa shape index (κ3) is 4.92. The van der Waals surface area contributed by atoms with Crippen LogP contribution in [0.4, 0.5) is 0 Å². The Hall–Kier alpha value is -0.670. The molecule has 1 atom stereocenters. The lowest BCUT2D eigenvalue weighted by atomic mass is 10.2. The molecule has 1 aliphatic rings. The summed E-state index contributed by atoms with van der Waals surface area (Å²) in [5.41, 5.74) is 0. The summed E-state index contributed by atoms with van der Waals surface area (Å²) in [6, 6.07) is 3.38. The summed E-state index contributed by atoms with van der Waals surface area (Å²) in [5.74, 6) is -0.161. The second-order valence-corrected chi connectivity index (χ2v) is 7.93. The number of amides is 1. The van der Waals surface area contributed by atoms with Gasteiger partial charge in [0.25, 0.3) is 10.0 Å². The largest absolute Gasteiger partial charge is 0.337 e. The SMILES string of the molecule is CCCN(C(=O)CNS(=O)(=O)c1cccs1)C1CCNC1.Cl. The first-order valence-corrected chi connectivity index (χ1v) is 9.44. The van der Waals surface area contributed by atoms with Crippen LogP contribution in [-0.2, 0) is 14.8 Å². The molecule has 0 bridgehead atoms. The second kappa shape index (κ2) is 8.83. The van der Waals surface area contributed by atoms with Crippen LogP contribution in [0, 0.1) is 0 Å². The predicted molar refractivity (Wildman–Crippen MR) is 90.0 cm³/mol. The molecule has 1 saturated heterocycles. The first-order chi connectivity index (χ1) is 10.0. The number of nitrogens with one attached hydrogen (secondary N) is 2. The molecule has 1 aromatic heterocycles. The van der Waals surface area contributed by atoms with Gasteiger partial charge in [-0.2, -0.15) is 0 Å². The first-order valence-electron chi connectivity index (χ1n) is 7.08. The van der Waals surface area contributed by atoms with Gasteiger partial charge in [0.05, 0.1) is 6.54 Å². The van der Waals surface area contributed by atoms with Crippen molar-refractivity contribution in [3.8, 4) is 0 Å². The van der Waals surface area contributed by atoms with Crippen LogP contribution in [0.1, 0.15) is 19.8 Å². The minimum absolute atomic E-state index is 0. The van der Waals surface area contributed by atoms with Crippen molar-refractivity contribution in [2.45, 2.75) is 30.0 Å². The summed E-state index contributed by atoms with van der Waals surface area (Å²) >= 11 is 1.14. The van der Waals surface area contributed by atoms with E-state index in [1.165, 1.54) is 6.07 Å². The van der Waals surface area contributed by atoms with E-state index in [1.54, 1.807) is 16.3 Å². The number of hydrogen-bond acceptors (Lipinski definition) is 5. The molecule has 1 amide bonds. The van der Waals surface area contributed by atoms with E-state index >= 15 is 0 Å². The molecule has 2 N–H and O–H groups in total. The zero-order valence-corrected chi connectivity index (χ0v) is 14.9. The molecule has 0 aliphatic carbocycles. The van der Waals surface area contributed by atoms with Crippen LogP contribution in [0.2, 0.25) is 0 Å². The molecule has 1 aliphatic heterocycles. The number of rotatable bonds is 7. The van der Waals surface area contributed by atoms with Gasteiger partial charge in [-0.1, -0.05) is 13.0 Å². The van der Waals surface area contributed by atoms with Gasteiger partial charge in [-0.05, 0) is 30.8 Å². The van der Waals surface area contributed by atoms with Crippen LogP contribution in [0.3, 0.4) is 0 Å². The highest BCUT2D eigenvalue weighted by Gasteiger charge is 2.26. The third-order valence-corrected chi connectivity index (χ3v) is 6.23. The zero-order valence-electron chi connectivity index (χ0n) is 12.4. The van der Waals surface area contributed by atoms with Crippen LogP contribution in [0.5, 0.6) is 0 Å². The van der Waals surface area contributed by atoms with Gasteiger partial charge in [0.15, 0.2) is 0 Å². The number of thiophene rings is 1. The lowest BCUT2D eigenvalue weighted by Crippen LogP contribution is -2.46. The Morgan fingerprint density at radius 1 is 1.55 bits per heavy atom. The third-order valence-electron chi connectivity index (χ3n) is 3.43. The van der Waals surface area contributed by atoms with Gasteiger partial charge in [-0.15, -0.1) is 23.7 Å². The van der Waals surface area contributed by atoms with Crippen molar-refractivity contribution in [3.63, 3.8) is 0 Å². The summed E-state index contributed by atoms with van der Waals surface area (Å²) < 4.78 is 26.7. The lowest BCUT2D eigenvalue weighted by Gasteiger charge is -2.28. The van der Waals surface area contributed by atoms with Crippen molar-refractivity contribution in [3.05, 3.63) is 17.5 Å². The smallest absolute Gasteiger partial charge is 0.250 e. The van der Waals surface area contributed by atoms with E-state index in [2.05, 4.69) is 10.0 Å². The maximum atomic E-state index is 12.3. The molecule has 9 heteroatoms. The average molecular weight is 368 g/mol. The minimum atomic E-state index is -3.58. The van der Waals surface area contributed by atoms with E-state index in [0.29, 0.717) is 6.54 Å². The summed E-state index contributed by atoms with van der Waals surface area (Å²) in [6.45, 7) is 4.17. The van der Waals surface area contributed by atoms with E-state index in [4.69, 9.17) is 0 Å². The predicted octanol–water partition coefficient (Wildman–Crippen LogP) is 1.05. The van der Waals surface area contributed by atoms with Crippen LogP contribution in [0.25, 0.3) is 0 Å². The molecule has 0 radical (unpaired) electrons. The van der Waals surface area contributed by atoms with Gasteiger partial charge in [0.1, 0.15) is 4.21 Å². The van der Waals surface area contributed by atoms with Crippen molar-refractivity contribution >= 4 is 39.7 Å². The zero-order chi connectivity index (χ0) is 15.3. The molecule has 2 rings (SSSR count). The summed E-state index contributed by atoms with van der Waals surface area (Å²) in [4.78, 5) is 14.1. The Bertz CT molecular complexity index is 557. The summed E-state index contributed by atoms with van der Waals surface area (Å²) in [5, 5.41) is 4.93. The molecule has 1 unspecified atom stereocenters. The quantitative estimate of drug-likeness (QED) is 0.755. The Morgan fingerprint density at radius 2 is 2.32 bits per heavy atom. The number of halogens is 1. The molecule has 22 heavy (non-hydrogen) atoms. The Labute approximate surface area is 141 Å². The van der Waals surface area contributed by atoms with Crippen molar-refractivity contribution in [2.24, 2.45) is 0 Å². The van der Waals surface area contributed by atoms with E-state index in [9.17, 15) is 13.2 Å². The maximum Gasteiger partial charge on any atom is 0.250 e.